The van der Waals surface area contributed by atoms with E-state index in [0.29, 0.717) is 17.9 Å². The molecule has 1 amide bonds. The number of nitrogens with zero attached hydrogens (tertiary/aromatic N) is 4. The zero-order chi connectivity index (χ0) is 13.3. The van der Waals surface area contributed by atoms with Crippen LogP contribution >= 0.6 is 0 Å². The molecular weight excluding hydrogens is 232 g/mol. The van der Waals surface area contributed by atoms with Crippen LogP contribution < -0.4 is 5.73 Å². The normalized spacial score (nSPS) is 10.6. The lowest BCUT2D eigenvalue weighted by Crippen LogP contribution is -2.27. The average Bonchev–Trinajstić information content (AvgIpc) is 2.87. The van der Waals surface area contributed by atoms with Crippen molar-refractivity contribution in [1.82, 2.24) is 24.9 Å². The molecule has 3 N–H and O–H groups in total. The first kappa shape index (κ1) is 12.2. The molecule has 0 aliphatic carbocycles. The zero-order valence-corrected chi connectivity index (χ0v) is 10.6. The van der Waals surface area contributed by atoms with Crippen molar-refractivity contribution in [1.29, 1.82) is 0 Å². The summed E-state index contributed by atoms with van der Waals surface area (Å²) in [7, 11) is 3.54. The van der Waals surface area contributed by atoms with E-state index in [9.17, 15) is 4.79 Å². The molecule has 0 spiro atoms. The van der Waals surface area contributed by atoms with Crippen LogP contribution in [0.4, 0.5) is 5.69 Å². The van der Waals surface area contributed by atoms with E-state index in [-0.39, 0.29) is 11.6 Å². The fourth-order valence-electron chi connectivity index (χ4n) is 1.68. The number of H-pyrrole nitrogens is 1. The van der Waals surface area contributed by atoms with Gasteiger partial charge in [0.25, 0.3) is 5.91 Å². The first-order valence-electron chi connectivity index (χ1n) is 5.52. The number of nitrogens with one attached hydrogen (secondary N) is 1. The molecule has 96 valence electrons. The average molecular weight is 248 g/mol. The highest BCUT2D eigenvalue weighted by atomic mass is 16.2. The summed E-state index contributed by atoms with van der Waals surface area (Å²) < 4.78 is 1.70. The van der Waals surface area contributed by atoms with E-state index in [0.717, 1.165) is 5.56 Å². The van der Waals surface area contributed by atoms with Crippen LogP contribution in [0.2, 0.25) is 0 Å². The maximum atomic E-state index is 12.1. The molecule has 7 nitrogen and oxygen atoms in total. The van der Waals surface area contributed by atoms with Crippen molar-refractivity contribution < 1.29 is 4.79 Å². The number of aromatic amines is 1. The largest absolute Gasteiger partial charge is 0.395 e. The number of rotatable bonds is 3. The van der Waals surface area contributed by atoms with E-state index in [1.807, 2.05) is 13.2 Å². The number of nitrogen functional groups attached to an aromatic ring is 1. The van der Waals surface area contributed by atoms with Crippen molar-refractivity contribution in [2.45, 2.75) is 13.5 Å². The van der Waals surface area contributed by atoms with Crippen molar-refractivity contribution in [3.05, 3.63) is 29.3 Å². The summed E-state index contributed by atoms with van der Waals surface area (Å²) in [6.45, 7) is 2.25. The van der Waals surface area contributed by atoms with Gasteiger partial charge in [-0.3, -0.25) is 14.6 Å². The van der Waals surface area contributed by atoms with Gasteiger partial charge >= 0.3 is 0 Å². The van der Waals surface area contributed by atoms with E-state index in [1.165, 1.54) is 0 Å². The maximum Gasteiger partial charge on any atom is 0.276 e. The molecule has 0 aliphatic heterocycles. The lowest BCUT2D eigenvalue weighted by Gasteiger charge is -2.14. The van der Waals surface area contributed by atoms with Crippen LogP contribution in [0, 0.1) is 6.92 Å². The minimum Gasteiger partial charge on any atom is -0.395 e. The van der Waals surface area contributed by atoms with Crippen LogP contribution in [0.1, 0.15) is 21.7 Å². The third-order valence-electron chi connectivity index (χ3n) is 2.72. The summed E-state index contributed by atoms with van der Waals surface area (Å²) in [5.41, 5.74) is 8.10. The van der Waals surface area contributed by atoms with Crippen molar-refractivity contribution in [3.63, 3.8) is 0 Å². The van der Waals surface area contributed by atoms with Crippen LogP contribution in [0.3, 0.4) is 0 Å². The zero-order valence-electron chi connectivity index (χ0n) is 10.6. The number of hydrogen-bond acceptors (Lipinski definition) is 4. The summed E-state index contributed by atoms with van der Waals surface area (Å²) in [4.78, 5) is 13.7. The molecule has 0 radical (unpaired) electrons. The van der Waals surface area contributed by atoms with Gasteiger partial charge in [0.05, 0.1) is 17.6 Å². The monoisotopic (exact) mass is 248 g/mol. The molecule has 7 heteroatoms. The molecule has 0 saturated heterocycles. The van der Waals surface area contributed by atoms with Crippen molar-refractivity contribution in [2.75, 3.05) is 12.8 Å². The van der Waals surface area contributed by atoms with Gasteiger partial charge in [-0.2, -0.15) is 10.2 Å². The van der Waals surface area contributed by atoms with E-state index in [4.69, 9.17) is 5.73 Å². The molecule has 2 aromatic heterocycles. The topological polar surface area (TPSA) is 92.8 Å². The SMILES string of the molecule is Cc1[nH]nc(C(=O)N(C)Cc2cnn(C)c2)c1N. The van der Waals surface area contributed by atoms with E-state index < -0.39 is 0 Å². The highest BCUT2D eigenvalue weighted by Gasteiger charge is 2.19. The molecule has 2 rings (SSSR count). The third kappa shape index (κ3) is 2.20. The van der Waals surface area contributed by atoms with Crippen LogP contribution in [-0.4, -0.2) is 37.8 Å². The van der Waals surface area contributed by atoms with E-state index in [1.54, 1.807) is 29.7 Å². The van der Waals surface area contributed by atoms with Gasteiger partial charge in [0.1, 0.15) is 0 Å². The standard InChI is InChI=1S/C11H16N6O/c1-7-9(12)10(15-14-7)11(18)16(2)5-8-4-13-17(3)6-8/h4,6H,5,12H2,1-3H3,(H,14,15). The molecule has 0 unspecified atom stereocenters. The van der Waals surface area contributed by atoms with Crippen LogP contribution in [-0.2, 0) is 13.6 Å². The molecule has 0 atom stereocenters. The lowest BCUT2D eigenvalue weighted by molar-refractivity contribution is 0.0780. The second kappa shape index (κ2) is 4.52. The van der Waals surface area contributed by atoms with E-state index in [2.05, 4.69) is 15.3 Å². The van der Waals surface area contributed by atoms with Gasteiger partial charge in [0.2, 0.25) is 0 Å². The quantitative estimate of drug-likeness (QED) is 0.817. The number of nitrogens with two attached hydrogens (primary N) is 1. The van der Waals surface area contributed by atoms with Crippen LogP contribution in [0.15, 0.2) is 12.4 Å². The predicted octanol–water partition coefficient (Wildman–Crippen LogP) is 0.306. The summed E-state index contributed by atoms with van der Waals surface area (Å²) in [6, 6.07) is 0. The van der Waals surface area contributed by atoms with Crippen LogP contribution in [0.25, 0.3) is 0 Å². The molecule has 2 aromatic rings. The highest BCUT2D eigenvalue weighted by Crippen LogP contribution is 2.15. The second-order valence-corrected chi connectivity index (χ2v) is 4.29. The van der Waals surface area contributed by atoms with Crippen molar-refractivity contribution in [2.24, 2.45) is 7.05 Å². The van der Waals surface area contributed by atoms with Gasteiger partial charge < -0.3 is 10.6 Å². The van der Waals surface area contributed by atoms with E-state index >= 15 is 0 Å². The molecule has 18 heavy (non-hydrogen) atoms. The van der Waals surface area contributed by atoms with Crippen molar-refractivity contribution >= 4 is 11.6 Å². The Morgan fingerprint density at radius 1 is 1.61 bits per heavy atom. The molecule has 2 heterocycles. The Kier molecular flexibility index (Phi) is 3.05. The van der Waals surface area contributed by atoms with Gasteiger partial charge in [0.15, 0.2) is 5.69 Å². The Labute approximate surface area is 105 Å². The summed E-state index contributed by atoms with van der Waals surface area (Å²) in [5, 5.41) is 10.7. The Hall–Kier alpha value is -2.31. The van der Waals surface area contributed by atoms with Gasteiger partial charge in [-0.1, -0.05) is 0 Å². The minimum atomic E-state index is -0.208. The highest BCUT2D eigenvalue weighted by molar-refractivity contribution is 5.97. The minimum absolute atomic E-state index is 0.208. The maximum absolute atomic E-state index is 12.1. The fraction of sp³-hybridized carbons (Fsp3) is 0.364. The second-order valence-electron chi connectivity index (χ2n) is 4.29. The van der Waals surface area contributed by atoms with Crippen LogP contribution in [0.5, 0.6) is 0 Å². The lowest BCUT2D eigenvalue weighted by atomic mass is 10.2. The smallest absolute Gasteiger partial charge is 0.276 e. The fourth-order valence-corrected chi connectivity index (χ4v) is 1.68. The number of anilines is 1. The Balaban J connectivity index is 2.12. The molecule has 0 fully saturated rings. The predicted molar refractivity (Wildman–Crippen MR) is 66.7 cm³/mol. The van der Waals surface area contributed by atoms with Gasteiger partial charge in [-0.25, -0.2) is 0 Å². The molecule has 0 aliphatic rings. The summed E-state index contributed by atoms with van der Waals surface area (Å²) >= 11 is 0. The Morgan fingerprint density at radius 3 is 2.83 bits per heavy atom. The first-order chi connectivity index (χ1) is 8.49. The molecule has 0 aromatic carbocycles. The number of aromatic nitrogens is 4. The number of amides is 1. The first-order valence-corrected chi connectivity index (χ1v) is 5.52. The number of carbonyl (C=O) groups is 1. The van der Waals surface area contributed by atoms with Gasteiger partial charge in [-0.15, -0.1) is 0 Å². The Morgan fingerprint density at radius 2 is 2.33 bits per heavy atom. The summed E-state index contributed by atoms with van der Waals surface area (Å²) in [6.07, 6.45) is 3.59. The molecule has 0 bridgehead atoms. The summed E-state index contributed by atoms with van der Waals surface area (Å²) in [5.74, 6) is -0.208. The third-order valence-corrected chi connectivity index (χ3v) is 2.72. The molecule has 0 saturated carbocycles. The molecular formula is C11H16N6O. The van der Waals surface area contributed by atoms with Crippen molar-refractivity contribution in [3.8, 4) is 0 Å². The van der Waals surface area contributed by atoms with Gasteiger partial charge in [-0.05, 0) is 6.92 Å². The number of hydrogen-bond donors (Lipinski definition) is 2. The number of carbonyl (C=O) groups excluding carboxylic acids is 1. The Bertz CT molecular complexity index is 570. The van der Waals surface area contributed by atoms with Gasteiger partial charge in [0, 0.05) is 32.4 Å². The number of aryl methyl sites for hydroxylation is 2.